The predicted molar refractivity (Wildman–Crippen MR) is 68.1 cm³/mol. The summed E-state index contributed by atoms with van der Waals surface area (Å²) < 4.78 is 16.3. The van der Waals surface area contributed by atoms with Crippen LogP contribution in [-0.4, -0.2) is 26.9 Å². The van der Waals surface area contributed by atoms with E-state index in [0.29, 0.717) is 18.0 Å². The van der Waals surface area contributed by atoms with Crippen LogP contribution < -0.4 is 19.9 Å². The first-order valence-corrected chi connectivity index (χ1v) is 5.74. The number of methoxy groups -OCH3 is 2. The zero-order valence-corrected chi connectivity index (χ0v) is 10.9. The third-order valence-corrected chi connectivity index (χ3v) is 2.34. The standard InChI is InChI=1S/C13H21NO3/c1-9(2)17-13-8-11(15-3)10(5-6-14)7-12(13)16-4/h7-9H,5-6,14H2,1-4H3. The molecule has 0 radical (unpaired) electrons. The molecule has 0 heterocycles. The highest BCUT2D eigenvalue weighted by atomic mass is 16.5. The first-order valence-electron chi connectivity index (χ1n) is 5.74. The number of hydrogen-bond donors (Lipinski definition) is 1. The molecule has 2 N–H and O–H groups in total. The van der Waals surface area contributed by atoms with Gasteiger partial charge in [-0.2, -0.15) is 0 Å². The predicted octanol–water partition coefficient (Wildman–Crippen LogP) is 1.99. The Kier molecular flexibility index (Phi) is 5.10. The molecule has 17 heavy (non-hydrogen) atoms. The summed E-state index contributed by atoms with van der Waals surface area (Å²) in [5, 5.41) is 0. The quantitative estimate of drug-likeness (QED) is 0.825. The number of ether oxygens (including phenoxy) is 3. The highest BCUT2D eigenvalue weighted by Crippen LogP contribution is 2.35. The smallest absolute Gasteiger partial charge is 0.165 e. The summed E-state index contributed by atoms with van der Waals surface area (Å²) in [6.45, 7) is 4.52. The molecule has 0 aliphatic heterocycles. The molecule has 96 valence electrons. The molecular weight excluding hydrogens is 218 g/mol. The van der Waals surface area contributed by atoms with Crippen LogP contribution in [-0.2, 0) is 6.42 Å². The van der Waals surface area contributed by atoms with Crippen molar-refractivity contribution >= 4 is 0 Å². The van der Waals surface area contributed by atoms with E-state index in [9.17, 15) is 0 Å². The molecule has 0 aliphatic carbocycles. The summed E-state index contributed by atoms with van der Waals surface area (Å²) >= 11 is 0. The second-order valence-electron chi connectivity index (χ2n) is 4.02. The highest BCUT2D eigenvalue weighted by molar-refractivity contribution is 5.51. The van der Waals surface area contributed by atoms with E-state index >= 15 is 0 Å². The van der Waals surface area contributed by atoms with Gasteiger partial charge in [-0.15, -0.1) is 0 Å². The van der Waals surface area contributed by atoms with Gasteiger partial charge in [0.2, 0.25) is 0 Å². The van der Waals surface area contributed by atoms with E-state index in [4.69, 9.17) is 19.9 Å². The van der Waals surface area contributed by atoms with Gasteiger partial charge < -0.3 is 19.9 Å². The van der Waals surface area contributed by atoms with Crippen molar-refractivity contribution in [3.63, 3.8) is 0 Å². The molecule has 0 amide bonds. The number of nitrogens with two attached hydrogens (primary N) is 1. The number of rotatable bonds is 6. The Labute approximate surface area is 103 Å². The van der Waals surface area contributed by atoms with Gasteiger partial charge in [-0.1, -0.05) is 0 Å². The topological polar surface area (TPSA) is 53.7 Å². The van der Waals surface area contributed by atoms with Crippen LogP contribution in [0.2, 0.25) is 0 Å². The van der Waals surface area contributed by atoms with Gasteiger partial charge in [0.15, 0.2) is 11.5 Å². The van der Waals surface area contributed by atoms with Crippen LogP contribution in [0.5, 0.6) is 17.2 Å². The van der Waals surface area contributed by atoms with Crippen molar-refractivity contribution in [3.8, 4) is 17.2 Å². The summed E-state index contributed by atoms with van der Waals surface area (Å²) in [4.78, 5) is 0. The largest absolute Gasteiger partial charge is 0.496 e. The second kappa shape index (κ2) is 6.35. The van der Waals surface area contributed by atoms with E-state index in [2.05, 4.69) is 0 Å². The van der Waals surface area contributed by atoms with Crippen molar-refractivity contribution in [3.05, 3.63) is 17.7 Å². The molecule has 1 aromatic carbocycles. The molecule has 1 rings (SSSR count). The number of hydrogen-bond acceptors (Lipinski definition) is 4. The Morgan fingerprint density at radius 2 is 1.71 bits per heavy atom. The molecule has 0 saturated carbocycles. The second-order valence-corrected chi connectivity index (χ2v) is 4.02. The summed E-state index contributed by atoms with van der Waals surface area (Å²) in [7, 11) is 3.27. The van der Waals surface area contributed by atoms with E-state index in [0.717, 1.165) is 17.7 Å². The third kappa shape index (κ3) is 3.53. The molecular formula is C13H21NO3. The van der Waals surface area contributed by atoms with E-state index in [-0.39, 0.29) is 6.10 Å². The van der Waals surface area contributed by atoms with Gasteiger partial charge in [-0.05, 0) is 38.4 Å². The van der Waals surface area contributed by atoms with Crippen LogP contribution in [0.4, 0.5) is 0 Å². The van der Waals surface area contributed by atoms with E-state index in [1.54, 1.807) is 14.2 Å². The maximum atomic E-state index is 5.68. The monoisotopic (exact) mass is 239 g/mol. The Hall–Kier alpha value is -1.42. The molecule has 0 fully saturated rings. The van der Waals surface area contributed by atoms with Crippen molar-refractivity contribution in [2.45, 2.75) is 26.4 Å². The summed E-state index contributed by atoms with van der Waals surface area (Å²) in [5.41, 5.74) is 6.60. The first-order chi connectivity index (χ1) is 8.12. The summed E-state index contributed by atoms with van der Waals surface area (Å²) in [6, 6.07) is 3.77. The first kappa shape index (κ1) is 13.6. The van der Waals surface area contributed by atoms with Crippen LogP contribution >= 0.6 is 0 Å². The third-order valence-electron chi connectivity index (χ3n) is 2.34. The minimum Gasteiger partial charge on any atom is -0.496 e. The molecule has 0 aliphatic rings. The Balaban J connectivity index is 3.12. The van der Waals surface area contributed by atoms with Crippen LogP contribution in [0.3, 0.4) is 0 Å². The fraction of sp³-hybridized carbons (Fsp3) is 0.538. The van der Waals surface area contributed by atoms with Gasteiger partial charge in [-0.3, -0.25) is 0 Å². The summed E-state index contributed by atoms with van der Waals surface area (Å²) in [6.07, 6.45) is 0.843. The van der Waals surface area contributed by atoms with Crippen LogP contribution in [0.1, 0.15) is 19.4 Å². The minimum absolute atomic E-state index is 0.0916. The van der Waals surface area contributed by atoms with Gasteiger partial charge in [0.1, 0.15) is 5.75 Å². The summed E-state index contributed by atoms with van der Waals surface area (Å²) in [5.74, 6) is 2.19. The van der Waals surface area contributed by atoms with E-state index in [1.165, 1.54) is 0 Å². The number of benzene rings is 1. The Morgan fingerprint density at radius 3 is 2.18 bits per heavy atom. The van der Waals surface area contributed by atoms with Crippen molar-refractivity contribution in [1.82, 2.24) is 0 Å². The van der Waals surface area contributed by atoms with Crippen molar-refractivity contribution < 1.29 is 14.2 Å². The van der Waals surface area contributed by atoms with Gasteiger partial charge in [0.05, 0.1) is 20.3 Å². The fourth-order valence-electron chi connectivity index (χ4n) is 1.63. The molecule has 0 aromatic heterocycles. The highest BCUT2D eigenvalue weighted by Gasteiger charge is 2.12. The lowest BCUT2D eigenvalue weighted by Gasteiger charge is -2.17. The molecule has 0 bridgehead atoms. The lowest BCUT2D eigenvalue weighted by atomic mass is 10.1. The normalized spacial score (nSPS) is 10.5. The van der Waals surface area contributed by atoms with Gasteiger partial charge in [0.25, 0.3) is 0 Å². The average Bonchev–Trinajstić information content (AvgIpc) is 2.30. The van der Waals surface area contributed by atoms with Crippen molar-refractivity contribution in [2.24, 2.45) is 5.73 Å². The average molecular weight is 239 g/mol. The minimum atomic E-state index is 0.0916. The molecule has 0 unspecified atom stereocenters. The fourth-order valence-corrected chi connectivity index (χ4v) is 1.63. The van der Waals surface area contributed by atoms with Gasteiger partial charge >= 0.3 is 0 Å². The molecule has 4 heteroatoms. The Morgan fingerprint density at radius 1 is 1.06 bits per heavy atom. The molecule has 0 saturated heterocycles. The molecule has 1 aromatic rings. The van der Waals surface area contributed by atoms with Crippen molar-refractivity contribution in [2.75, 3.05) is 20.8 Å². The zero-order chi connectivity index (χ0) is 12.8. The lowest BCUT2D eigenvalue weighted by molar-refractivity contribution is 0.228. The SMILES string of the molecule is COc1cc(OC(C)C)c(OC)cc1CCN. The molecule has 4 nitrogen and oxygen atoms in total. The van der Waals surface area contributed by atoms with Crippen LogP contribution in [0, 0.1) is 0 Å². The lowest BCUT2D eigenvalue weighted by Crippen LogP contribution is -2.09. The maximum absolute atomic E-state index is 5.68. The van der Waals surface area contributed by atoms with Crippen molar-refractivity contribution in [1.29, 1.82) is 0 Å². The molecule has 0 atom stereocenters. The van der Waals surface area contributed by atoms with E-state index in [1.807, 2.05) is 26.0 Å². The Bertz CT molecular complexity index is 364. The van der Waals surface area contributed by atoms with Gasteiger partial charge in [0, 0.05) is 6.07 Å². The van der Waals surface area contributed by atoms with Crippen LogP contribution in [0.15, 0.2) is 12.1 Å². The van der Waals surface area contributed by atoms with Crippen LogP contribution in [0.25, 0.3) is 0 Å². The van der Waals surface area contributed by atoms with Gasteiger partial charge in [-0.25, -0.2) is 0 Å². The molecule has 0 spiro atoms. The maximum Gasteiger partial charge on any atom is 0.165 e. The zero-order valence-electron chi connectivity index (χ0n) is 10.9. The van der Waals surface area contributed by atoms with E-state index < -0.39 is 0 Å².